The third kappa shape index (κ3) is 5.71. The fraction of sp³-hybridized carbons (Fsp3) is 0.409. The minimum absolute atomic E-state index is 0.158. The number of non-ortho nitro benzene ring substituents is 1. The van der Waals surface area contributed by atoms with E-state index in [2.05, 4.69) is 10.6 Å². The topological polar surface area (TPSA) is 137 Å². The molecule has 0 fully saturated rings. The van der Waals surface area contributed by atoms with Crippen LogP contribution in [-0.2, 0) is 23.9 Å². The van der Waals surface area contributed by atoms with Gasteiger partial charge in [0, 0.05) is 42.1 Å². The van der Waals surface area contributed by atoms with Crippen LogP contribution in [0.1, 0.15) is 45.1 Å². The molecule has 0 radical (unpaired) electrons. The summed E-state index contributed by atoms with van der Waals surface area (Å²) in [4.78, 5) is 47.9. The van der Waals surface area contributed by atoms with Crippen LogP contribution in [0.4, 0.5) is 5.69 Å². The lowest BCUT2D eigenvalue weighted by molar-refractivity contribution is -0.384. The number of benzene rings is 1. The highest BCUT2D eigenvalue weighted by Gasteiger charge is 2.37. The van der Waals surface area contributed by atoms with Gasteiger partial charge in [0.15, 0.2) is 0 Å². The van der Waals surface area contributed by atoms with Gasteiger partial charge < -0.3 is 20.1 Å². The molecule has 0 saturated carbocycles. The van der Waals surface area contributed by atoms with Crippen LogP contribution in [0.5, 0.6) is 0 Å². The maximum atomic E-state index is 13.1. The molecule has 0 spiro atoms. The van der Waals surface area contributed by atoms with Crippen LogP contribution in [0.25, 0.3) is 0 Å². The summed E-state index contributed by atoms with van der Waals surface area (Å²) in [5, 5.41) is 17.1. The first-order valence-electron chi connectivity index (χ1n) is 10.2. The van der Waals surface area contributed by atoms with E-state index in [0.717, 1.165) is 0 Å². The lowest BCUT2D eigenvalue weighted by atomic mass is 9.80. The Hall–Kier alpha value is -3.69. The van der Waals surface area contributed by atoms with Gasteiger partial charge in [-0.1, -0.05) is 12.1 Å². The SMILES string of the molecule is CCOC(=O)CCCNC(=O)C1=C(C)NC(C)=C(C(=O)OC)C1c1cccc([N+](=O)[O-])c1. The van der Waals surface area contributed by atoms with E-state index in [-0.39, 0.29) is 42.4 Å². The summed E-state index contributed by atoms with van der Waals surface area (Å²) in [6, 6.07) is 5.81. The highest BCUT2D eigenvalue weighted by atomic mass is 16.6. The van der Waals surface area contributed by atoms with Gasteiger partial charge in [0.1, 0.15) is 0 Å². The Bertz CT molecular complexity index is 981. The van der Waals surface area contributed by atoms with Gasteiger partial charge in [0.2, 0.25) is 5.91 Å². The predicted molar refractivity (Wildman–Crippen MR) is 115 cm³/mol. The Labute approximate surface area is 185 Å². The van der Waals surface area contributed by atoms with Gasteiger partial charge in [-0.05, 0) is 32.8 Å². The molecule has 10 nitrogen and oxygen atoms in total. The second kappa shape index (κ2) is 11.1. The van der Waals surface area contributed by atoms with E-state index in [0.29, 0.717) is 23.4 Å². The fourth-order valence-electron chi connectivity index (χ4n) is 3.59. The third-order valence-electron chi connectivity index (χ3n) is 4.97. The molecule has 0 aliphatic carbocycles. The summed E-state index contributed by atoms with van der Waals surface area (Å²) in [7, 11) is 1.23. The van der Waals surface area contributed by atoms with Crippen molar-refractivity contribution in [2.75, 3.05) is 20.3 Å². The van der Waals surface area contributed by atoms with Crippen molar-refractivity contribution in [3.8, 4) is 0 Å². The molecule has 1 amide bonds. The summed E-state index contributed by atoms with van der Waals surface area (Å²) >= 11 is 0. The Morgan fingerprint density at radius 3 is 2.50 bits per heavy atom. The second-order valence-corrected chi connectivity index (χ2v) is 7.14. The zero-order valence-corrected chi connectivity index (χ0v) is 18.5. The lowest BCUT2D eigenvalue weighted by Gasteiger charge is -2.30. The number of nitro groups is 1. The number of dihydropyridines is 1. The number of amides is 1. The van der Waals surface area contributed by atoms with Crippen molar-refractivity contribution in [3.63, 3.8) is 0 Å². The Balaban J connectivity index is 2.38. The molecule has 0 saturated heterocycles. The van der Waals surface area contributed by atoms with E-state index in [1.54, 1.807) is 26.8 Å². The zero-order chi connectivity index (χ0) is 23.8. The quantitative estimate of drug-likeness (QED) is 0.256. The lowest BCUT2D eigenvalue weighted by Crippen LogP contribution is -2.36. The summed E-state index contributed by atoms with van der Waals surface area (Å²) in [5.74, 6) is -2.32. The molecule has 1 aliphatic rings. The average Bonchev–Trinajstić information content (AvgIpc) is 2.75. The monoisotopic (exact) mass is 445 g/mol. The highest BCUT2D eigenvalue weighted by Crippen LogP contribution is 2.39. The Morgan fingerprint density at radius 1 is 1.19 bits per heavy atom. The van der Waals surface area contributed by atoms with Gasteiger partial charge >= 0.3 is 11.9 Å². The first-order chi connectivity index (χ1) is 15.2. The summed E-state index contributed by atoms with van der Waals surface area (Å²) in [5.41, 5.74) is 1.69. The third-order valence-corrected chi connectivity index (χ3v) is 4.97. The van der Waals surface area contributed by atoms with Crippen molar-refractivity contribution in [1.82, 2.24) is 10.6 Å². The van der Waals surface area contributed by atoms with Crippen molar-refractivity contribution in [3.05, 3.63) is 62.5 Å². The first kappa shape index (κ1) is 24.6. The van der Waals surface area contributed by atoms with Gasteiger partial charge in [0.25, 0.3) is 5.69 Å². The number of hydrogen-bond acceptors (Lipinski definition) is 8. The molecule has 2 rings (SSSR count). The van der Waals surface area contributed by atoms with Crippen molar-refractivity contribution >= 4 is 23.5 Å². The van der Waals surface area contributed by atoms with Crippen LogP contribution >= 0.6 is 0 Å². The average molecular weight is 445 g/mol. The molecular weight excluding hydrogens is 418 g/mol. The number of methoxy groups -OCH3 is 1. The Morgan fingerprint density at radius 2 is 1.88 bits per heavy atom. The minimum atomic E-state index is -0.867. The van der Waals surface area contributed by atoms with Crippen molar-refractivity contribution in [2.24, 2.45) is 0 Å². The van der Waals surface area contributed by atoms with E-state index >= 15 is 0 Å². The maximum absolute atomic E-state index is 13.1. The van der Waals surface area contributed by atoms with Gasteiger partial charge in [-0.2, -0.15) is 0 Å². The van der Waals surface area contributed by atoms with Crippen molar-refractivity contribution in [1.29, 1.82) is 0 Å². The largest absolute Gasteiger partial charge is 0.466 e. The van der Waals surface area contributed by atoms with Crippen LogP contribution < -0.4 is 10.6 Å². The molecule has 1 aliphatic heterocycles. The second-order valence-electron chi connectivity index (χ2n) is 7.14. The minimum Gasteiger partial charge on any atom is -0.466 e. The number of hydrogen-bond donors (Lipinski definition) is 2. The van der Waals surface area contributed by atoms with Gasteiger partial charge in [-0.25, -0.2) is 4.79 Å². The van der Waals surface area contributed by atoms with Gasteiger partial charge in [0.05, 0.1) is 30.1 Å². The number of rotatable bonds is 9. The van der Waals surface area contributed by atoms with Crippen molar-refractivity contribution in [2.45, 2.75) is 39.5 Å². The summed E-state index contributed by atoms with van der Waals surface area (Å²) < 4.78 is 9.79. The van der Waals surface area contributed by atoms with Crippen LogP contribution in [0.15, 0.2) is 46.8 Å². The smallest absolute Gasteiger partial charge is 0.336 e. The molecule has 1 aromatic carbocycles. The van der Waals surface area contributed by atoms with Crippen molar-refractivity contribution < 1.29 is 28.8 Å². The molecule has 1 heterocycles. The van der Waals surface area contributed by atoms with E-state index in [1.165, 1.54) is 25.3 Å². The maximum Gasteiger partial charge on any atom is 0.336 e. The molecule has 0 aromatic heterocycles. The number of carbonyl (C=O) groups excluding carboxylic acids is 3. The highest BCUT2D eigenvalue weighted by molar-refractivity contribution is 6.02. The van der Waals surface area contributed by atoms with Crippen LogP contribution in [0.2, 0.25) is 0 Å². The number of allylic oxidation sites excluding steroid dienone is 2. The number of esters is 2. The molecule has 172 valence electrons. The fourth-order valence-corrected chi connectivity index (χ4v) is 3.59. The summed E-state index contributed by atoms with van der Waals surface area (Å²) in [6.45, 7) is 5.58. The molecule has 0 bridgehead atoms. The van der Waals surface area contributed by atoms with E-state index in [9.17, 15) is 24.5 Å². The zero-order valence-electron chi connectivity index (χ0n) is 18.5. The molecule has 2 N–H and O–H groups in total. The molecule has 1 atom stereocenters. The molecule has 10 heteroatoms. The molecular formula is C22H27N3O7. The van der Waals surface area contributed by atoms with Crippen LogP contribution in [0, 0.1) is 10.1 Å². The van der Waals surface area contributed by atoms with Crippen LogP contribution in [0.3, 0.4) is 0 Å². The first-order valence-corrected chi connectivity index (χ1v) is 10.2. The normalized spacial score (nSPS) is 15.7. The molecule has 1 unspecified atom stereocenters. The standard InChI is InChI=1S/C22H27N3O7/c1-5-32-17(26)10-7-11-23-21(27)18-13(2)24-14(3)19(22(28)31-4)20(18)15-8-6-9-16(12-15)25(29)30/h6,8-9,12,20,24H,5,7,10-11H2,1-4H3,(H,23,27). The van der Waals surface area contributed by atoms with E-state index < -0.39 is 22.7 Å². The van der Waals surface area contributed by atoms with Crippen LogP contribution in [-0.4, -0.2) is 43.0 Å². The van der Waals surface area contributed by atoms with Gasteiger partial charge in [-0.15, -0.1) is 0 Å². The predicted octanol–water partition coefficient (Wildman–Crippen LogP) is 2.46. The molecule has 1 aromatic rings. The van der Waals surface area contributed by atoms with Gasteiger partial charge in [-0.3, -0.25) is 19.7 Å². The number of nitrogens with zero attached hydrogens (tertiary/aromatic N) is 1. The number of ether oxygens (including phenoxy) is 2. The molecule has 32 heavy (non-hydrogen) atoms. The van der Waals surface area contributed by atoms with E-state index in [1.807, 2.05) is 0 Å². The number of carbonyl (C=O) groups is 3. The summed E-state index contributed by atoms with van der Waals surface area (Å²) in [6.07, 6.45) is 0.537. The van der Waals surface area contributed by atoms with E-state index in [4.69, 9.17) is 9.47 Å². The Kier molecular flexibility index (Phi) is 8.51. The number of nitro benzene ring substituents is 1. The number of nitrogens with one attached hydrogen (secondary N) is 2.